The quantitative estimate of drug-likeness (QED) is 0.837. The van der Waals surface area contributed by atoms with Crippen LogP contribution in [0.2, 0.25) is 0 Å². The van der Waals surface area contributed by atoms with Crippen molar-refractivity contribution in [3.8, 4) is 0 Å². The summed E-state index contributed by atoms with van der Waals surface area (Å²) in [5, 5.41) is 0. The Kier molecular flexibility index (Phi) is 6.40. The number of hydrogen-bond acceptors (Lipinski definition) is 3. The van der Waals surface area contributed by atoms with Crippen LogP contribution in [0.25, 0.3) is 0 Å². The lowest BCUT2D eigenvalue weighted by molar-refractivity contribution is 0.373. The van der Waals surface area contributed by atoms with Gasteiger partial charge in [-0.15, -0.1) is 12.4 Å². The number of nitrogens with one attached hydrogen (secondary N) is 1. The van der Waals surface area contributed by atoms with Gasteiger partial charge in [-0.25, -0.2) is 17.5 Å². The molecule has 1 aliphatic carbocycles. The van der Waals surface area contributed by atoms with E-state index in [1.54, 1.807) is 0 Å². The number of nitrogens with two attached hydrogens (primary N) is 1. The molecule has 1 aromatic rings. The molecule has 0 spiro atoms. The second kappa shape index (κ2) is 7.17. The van der Waals surface area contributed by atoms with Crippen molar-refractivity contribution in [1.82, 2.24) is 4.72 Å². The molecule has 20 heavy (non-hydrogen) atoms. The molecule has 1 aromatic carbocycles. The normalized spacial score (nSPS) is 23.1. The molecular weight excluding hydrogens is 371 g/mol. The van der Waals surface area contributed by atoms with E-state index in [0.29, 0.717) is 0 Å². The number of halogens is 3. The zero-order valence-corrected chi connectivity index (χ0v) is 13.9. The molecule has 0 bridgehead atoms. The molecule has 1 aliphatic rings. The van der Waals surface area contributed by atoms with Gasteiger partial charge in [0.05, 0.1) is 4.90 Å². The molecule has 0 saturated heterocycles. The summed E-state index contributed by atoms with van der Waals surface area (Å²) in [6.07, 6.45) is 3.11. The molecule has 1 saturated carbocycles. The van der Waals surface area contributed by atoms with Crippen LogP contribution < -0.4 is 10.5 Å². The SMILES string of the molecule is Cl.NC1CCC(NS(=O)(=O)c2ccc(F)cc2Br)CC1. The fourth-order valence-corrected chi connectivity index (χ4v) is 4.57. The summed E-state index contributed by atoms with van der Waals surface area (Å²) in [6.45, 7) is 0. The highest BCUT2D eigenvalue weighted by Crippen LogP contribution is 2.25. The Hall–Kier alpha value is -0.210. The maximum Gasteiger partial charge on any atom is 0.241 e. The van der Waals surface area contributed by atoms with Crippen LogP contribution >= 0.6 is 28.3 Å². The largest absolute Gasteiger partial charge is 0.328 e. The van der Waals surface area contributed by atoms with Crippen molar-refractivity contribution in [2.45, 2.75) is 42.7 Å². The molecule has 2 rings (SSSR count). The van der Waals surface area contributed by atoms with Crippen LogP contribution in [0.1, 0.15) is 25.7 Å². The van der Waals surface area contributed by atoms with Crippen LogP contribution in [0.4, 0.5) is 4.39 Å². The van der Waals surface area contributed by atoms with Crippen molar-refractivity contribution in [2.24, 2.45) is 5.73 Å². The molecule has 0 aromatic heterocycles. The third-order valence-corrected chi connectivity index (χ3v) is 5.77. The Morgan fingerprint density at radius 2 is 1.85 bits per heavy atom. The predicted octanol–water partition coefficient (Wildman–Crippen LogP) is 2.56. The highest BCUT2D eigenvalue weighted by Gasteiger charge is 2.25. The predicted molar refractivity (Wildman–Crippen MR) is 81.9 cm³/mol. The van der Waals surface area contributed by atoms with Crippen molar-refractivity contribution in [3.63, 3.8) is 0 Å². The van der Waals surface area contributed by atoms with Gasteiger partial charge in [0.25, 0.3) is 0 Å². The van der Waals surface area contributed by atoms with Gasteiger partial charge < -0.3 is 5.73 Å². The summed E-state index contributed by atoms with van der Waals surface area (Å²) >= 11 is 3.08. The molecule has 0 aliphatic heterocycles. The highest BCUT2D eigenvalue weighted by atomic mass is 79.9. The summed E-state index contributed by atoms with van der Waals surface area (Å²) in [7, 11) is -3.63. The zero-order valence-electron chi connectivity index (χ0n) is 10.7. The molecule has 3 N–H and O–H groups in total. The molecule has 0 radical (unpaired) electrons. The van der Waals surface area contributed by atoms with E-state index < -0.39 is 15.8 Å². The summed E-state index contributed by atoms with van der Waals surface area (Å²) in [5.41, 5.74) is 5.79. The van der Waals surface area contributed by atoms with E-state index in [9.17, 15) is 12.8 Å². The van der Waals surface area contributed by atoms with Crippen molar-refractivity contribution in [1.29, 1.82) is 0 Å². The van der Waals surface area contributed by atoms with E-state index in [4.69, 9.17) is 5.73 Å². The molecule has 1 fully saturated rings. The van der Waals surface area contributed by atoms with Crippen molar-refractivity contribution >= 4 is 38.4 Å². The van der Waals surface area contributed by atoms with Gasteiger partial charge in [-0.2, -0.15) is 0 Å². The maximum atomic E-state index is 13.0. The monoisotopic (exact) mass is 386 g/mol. The Labute approximate surface area is 132 Å². The highest BCUT2D eigenvalue weighted by molar-refractivity contribution is 9.10. The van der Waals surface area contributed by atoms with E-state index in [2.05, 4.69) is 20.7 Å². The lowest BCUT2D eigenvalue weighted by Gasteiger charge is -2.26. The minimum atomic E-state index is -3.63. The van der Waals surface area contributed by atoms with Crippen molar-refractivity contribution in [3.05, 3.63) is 28.5 Å². The molecule has 8 heteroatoms. The van der Waals surface area contributed by atoms with Crippen LogP contribution in [0, 0.1) is 5.82 Å². The van der Waals surface area contributed by atoms with Gasteiger partial charge in [-0.05, 0) is 59.8 Å². The fourth-order valence-electron chi connectivity index (χ4n) is 2.21. The fraction of sp³-hybridized carbons (Fsp3) is 0.500. The lowest BCUT2D eigenvalue weighted by atomic mass is 9.93. The smallest absolute Gasteiger partial charge is 0.241 e. The first kappa shape index (κ1) is 17.8. The van der Waals surface area contributed by atoms with Gasteiger partial charge in [-0.3, -0.25) is 0 Å². The lowest BCUT2D eigenvalue weighted by Crippen LogP contribution is -2.40. The van der Waals surface area contributed by atoms with Crippen LogP contribution in [0.15, 0.2) is 27.6 Å². The van der Waals surface area contributed by atoms with E-state index in [0.717, 1.165) is 37.8 Å². The van der Waals surface area contributed by atoms with Crippen molar-refractivity contribution < 1.29 is 12.8 Å². The van der Waals surface area contributed by atoms with E-state index in [1.807, 2.05) is 0 Å². The molecule has 114 valence electrons. The Bertz CT molecular complexity index is 563. The van der Waals surface area contributed by atoms with E-state index >= 15 is 0 Å². The van der Waals surface area contributed by atoms with Crippen LogP contribution in [0.3, 0.4) is 0 Å². The third kappa shape index (κ3) is 4.39. The minimum Gasteiger partial charge on any atom is -0.328 e. The Morgan fingerprint density at radius 3 is 2.40 bits per heavy atom. The molecule has 0 unspecified atom stereocenters. The number of hydrogen-bond donors (Lipinski definition) is 2. The number of benzene rings is 1. The first-order valence-electron chi connectivity index (χ1n) is 6.11. The molecular formula is C12H17BrClFN2O2S. The molecule has 0 heterocycles. The third-order valence-electron chi connectivity index (χ3n) is 3.28. The van der Waals surface area contributed by atoms with E-state index in [1.165, 1.54) is 6.07 Å². The second-order valence-corrected chi connectivity index (χ2v) is 7.34. The molecule has 0 atom stereocenters. The first-order chi connectivity index (χ1) is 8.88. The minimum absolute atomic E-state index is 0. The molecule has 0 amide bonds. The van der Waals surface area contributed by atoms with Gasteiger partial charge in [0.15, 0.2) is 0 Å². The average molecular weight is 388 g/mol. The molecule has 4 nitrogen and oxygen atoms in total. The van der Waals surface area contributed by atoms with Gasteiger partial charge in [0.1, 0.15) is 5.82 Å². The van der Waals surface area contributed by atoms with Crippen molar-refractivity contribution in [2.75, 3.05) is 0 Å². The summed E-state index contributed by atoms with van der Waals surface area (Å²) in [6, 6.07) is 3.61. The van der Waals surface area contributed by atoms with Crippen LogP contribution in [-0.2, 0) is 10.0 Å². The maximum absolute atomic E-state index is 13.0. The van der Waals surface area contributed by atoms with Crippen LogP contribution in [0.5, 0.6) is 0 Å². The Balaban J connectivity index is 0.00000200. The van der Waals surface area contributed by atoms with Gasteiger partial charge in [-0.1, -0.05) is 0 Å². The zero-order chi connectivity index (χ0) is 14.0. The average Bonchev–Trinajstić information content (AvgIpc) is 2.31. The topological polar surface area (TPSA) is 72.2 Å². The van der Waals surface area contributed by atoms with Gasteiger partial charge >= 0.3 is 0 Å². The van der Waals surface area contributed by atoms with Gasteiger partial charge in [0.2, 0.25) is 10.0 Å². The number of rotatable bonds is 3. The Morgan fingerprint density at radius 1 is 1.25 bits per heavy atom. The van der Waals surface area contributed by atoms with Gasteiger partial charge in [0, 0.05) is 16.6 Å². The van der Waals surface area contributed by atoms with E-state index in [-0.39, 0.29) is 33.9 Å². The van der Waals surface area contributed by atoms with Crippen LogP contribution in [-0.4, -0.2) is 20.5 Å². The summed E-state index contributed by atoms with van der Waals surface area (Å²) in [4.78, 5) is 0.0590. The number of sulfonamides is 1. The first-order valence-corrected chi connectivity index (χ1v) is 8.39. The summed E-state index contributed by atoms with van der Waals surface area (Å²) in [5.74, 6) is -0.477. The summed E-state index contributed by atoms with van der Waals surface area (Å²) < 4.78 is 40.3. The standard InChI is InChI=1S/C12H16BrFN2O2S.ClH/c13-11-7-8(14)1-6-12(11)19(17,18)16-10-4-2-9(15)3-5-10;/h1,6-7,9-10,16H,2-5,15H2;1H. The second-order valence-electron chi connectivity index (χ2n) is 4.81.